The van der Waals surface area contributed by atoms with Gasteiger partial charge in [-0.05, 0) is 82.4 Å². The number of nitrogens with zero attached hydrogens (tertiary/aromatic N) is 2. The summed E-state index contributed by atoms with van der Waals surface area (Å²) in [6.07, 6.45) is 6.68. The molecule has 6 N–H and O–H groups in total. The number of primary amides is 1. The first-order chi connectivity index (χ1) is 24.0. The van der Waals surface area contributed by atoms with Gasteiger partial charge >= 0.3 is 12.2 Å². The molecular formula is C35H50N6O9S. The zero-order valence-electron chi connectivity index (χ0n) is 29.5. The van der Waals surface area contributed by atoms with Crippen LogP contribution in [0.2, 0.25) is 0 Å². The van der Waals surface area contributed by atoms with Crippen molar-refractivity contribution < 1.29 is 41.9 Å². The van der Waals surface area contributed by atoms with Crippen LogP contribution in [0.25, 0.3) is 0 Å². The van der Waals surface area contributed by atoms with Crippen LogP contribution in [-0.2, 0) is 47.0 Å². The van der Waals surface area contributed by atoms with E-state index in [1.54, 1.807) is 26.8 Å². The Morgan fingerprint density at radius 3 is 2.47 bits per heavy atom. The lowest BCUT2D eigenvalue weighted by molar-refractivity contribution is -0.139. The number of carbonyl (C=O) groups excluding carboxylic acids is 5. The summed E-state index contributed by atoms with van der Waals surface area (Å²) in [5, 5.41) is 2.23. The van der Waals surface area contributed by atoms with Gasteiger partial charge in [0.2, 0.25) is 27.7 Å². The lowest BCUT2D eigenvalue weighted by Crippen LogP contribution is -2.53. The quantitative estimate of drug-likeness (QED) is 0.125. The van der Waals surface area contributed by atoms with E-state index in [4.69, 9.17) is 20.9 Å². The van der Waals surface area contributed by atoms with Crippen molar-refractivity contribution in [2.24, 2.45) is 17.6 Å². The van der Waals surface area contributed by atoms with Gasteiger partial charge in [-0.3, -0.25) is 24.0 Å². The maximum absolute atomic E-state index is 13.9. The second-order valence-corrected chi connectivity index (χ2v) is 16.9. The number of nitrogens with one attached hydrogen (secondary N) is 2. The van der Waals surface area contributed by atoms with Crippen LogP contribution >= 0.6 is 0 Å². The second-order valence-electron chi connectivity index (χ2n) is 15.0. The van der Waals surface area contributed by atoms with Gasteiger partial charge in [0.05, 0.1) is 18.3 Å². The molecule has 5 atom stereocenters. The number of hydrogen-bond donors (Lipinski definition) is 4. The highest BCUT2D eigenvalue weighted by molar-refractivity contribution is 7.90. The largest absolute Gasteiger partial charge is 0.444 e. The monoisotopic (exact) mass is 730 g/mol. The van der Waals surface area contributed by atoms with E-state index in [0.29, 0.717) is 37.9 Å². The number of ether oxygens (including phenoxy) is 2. The Kier molecular flexibility index (Phi) is 11.5. The number of alkyl carbamates (subject to hydrolysis) is 1. The third-order valence-corrected chi connectivity index (χ3v) is 11.4. The minimum atomic E-state index is -3.55. The summed E-state index contributed by atoms with van der Waals surface area (Å²) in [7, 11) is -3.55. The normalized spacial score (nSPS) is 23.4. The predicted octanol–water partition coefficient (Wildman–Crippen LogP) is 2.82. The number of nitrogens with two attached hydrogens (primary N) is 2. The molecule has 1 aromatic rings. The van der Waals surface area contributed by atoms with Crippen molar-refractivity contribution >= 4 is 45.6 Å². The molecule has 51 heavy (non-hydrogen) atoms. The van der Waals surface area contributed by atoms with Crippen molar-refractivity contribution in [1.29, 1.82) is 0 Å². The fourth-order valence-electron chi connectivity index (χ4n) is 6.56. The molecule has 1 saturated heterocycles. The molecule has 1 unspecified atom stereocenters. The number of benzene rings is 1. The summed E-state index contributed by atoms with van der Waals surface area (Å²) in [6, 6.07) is 3.44. The number of anilines is 1. The van der Waals surface area contributed by atoms with Gasteiger partial charge in [-0.1, -0.05) is 37.1 Å². The molecule has 2 aliphatic heterocycles. The van der Waals surface area contributed by atoms with E-state index in [-0.39, 0.29) is 37.8 Å². The number of unbranched alkanes of at least 4 members (excludes halogenated alkanes) is 3. The number of hydrogen-bond acceptors (Lipinski definition) is 10. The number of carbonyl (C=O) groups is 5. The molecule has 5 rings (SSSR count). The molecule has 4 aliphatic rings. The van der Waals surface area contributed by atoms with Gasteiger partial charge in [-0.15, -0.1) is 0 Å². The molecule has 15 nitrogen and oxygen atoms in total. The Hall–Kier alpha value is -4.34. The van der Waals surface area contributed by atoms with Crippen molar-refractivity contribution in [2.75, 3.05) is 12.3 Å². The van der Waals surface area contributed by atoms with Gasteiger partial charge in [0, 0.05) is 24.6 Å². The lowest BCUT2D eigenvalue weighted by Gasteiger charge is -2.28. The Balaban J connectivity index is 1.11. The number of fused-ring (bicyclic) bond motifs is 1. The van der Waals surface area contributed by atoms with E-state index >= 15 is 0 Å². The number of likely N-dealkylation sites (tertiary alicyclic amines) is 1. The SMILES string of the molecule is CC(C)(C)OC(=O)N[C@@H](CCCCC/C=C\[C@@H]1C[C@@H]1C(=O)NS(=O)(=O)C1CC1)C(=O)N1C[C@H](OC(=O)N2Cc3cccc(N)c3C2)CC1C(N)=O. The van der Waals surface area contributed by atoms with Gasteiger partial charge in [0.15, 0.2) is 0 Å². The summed E-state index contributed by atoms with van der Waals surface area (Å²) < 4.78 is 37.4. The maximum atomic E-state index is 13.9. The fraction of sp³-hybridized carbons (Fsp3) is 0.629. The van der Waals surface area contributed by atoms with E-state index < -0.39 is 69.0 Å². The Labute approximate surface area is 298 Å². The Bertz CT molecular complexity index is 1650. The number of allylic oxidation sites excluding steroid dienone is 2. The average Bonchev–Trinajstić information content (AvgIpc) is 3.95. The second kappa shape index (κ2) is 15.5. The molecule has 2 heterocycles. The van der Waals surface area contributed by atoms with Crippen LogP contribution in [0.1, 0.15) is 89.7 Å². The first-order valence-electron chi connectivity index (χ1n) is 17.7. The third kappa shape index (κ3) is 10.1. The highest BCUT2D eigenvalue weighted by Gasteiger charge is 2.45. The first kappa shape index (κ1) is 37.9. The number of nitrogen functional groups attached to an aromatic ring is 1. The highest BCUT2D eigenvalue weighted by Crippen LogP contribution is 2.40. The molecule has 0 spiro atoms. The zero-order valence-corrected chi connectivity index (χ0v) is 30.3. The van der Waals surface area contributed by atoms with Crippen molar-refractivity contribution in [2.45, 2.75) is 121 Å². The van der Waals surface area contributed by atoms with Crippen LogP contribution in [-0.4, -0.2) is 83.7 Å². The number of sulfonamides is 1. The minimum absolute atomic E-state index is 0.0200. The van der Waals surface area contributed by atoms with Gasteiger partial charge in [0.1, 0.15) is 23.8 Å². The topological polar surface area (TPSA) is 221 Å². The fourth-order valence-corrected chi connectivity index (χ4v) is 7.92. The lowest BCUT2D eigenvalue weighted by atomic mass is 10.0. The Morgan fingerprint density at radius 1 is 1.06 bits per heavy atom. The van der Waals surface area contributed by atoms with Gasteiger partial charge in [-0.2, -0.15) is 0 Å². The van der Waals surface area contributed by atoms with E-state index in [2.05, 4.69) is 10.0 Å². The van der Waals surface area contributed by atoms with Crippen LogP contribution in [0.4, 0.5) is 15.3 Å². The molecular weight excluding hydrogens is 680 g/mol. The summed E-state index contributed by atoms with van der Waals surface area (Å²) in [4.78, 5) is 67.3. The summed E-state index contributed by atoms with van der Waals surface area (Å²) in [5.41, 5.74) is 13.3. The van der Waals surface area contributed by atoms with Crippen LogP contribution in [0.5, 0.6) is 0 Å². The van der Waals surface area contributed by atoms with E-state index in [9.17, 15) is 32.4 Å². The maximum Gasteiger partial charge on any atom is 0.410 e. The van der Waals surface area contributed by atoms with Crippen molar-refractivity contribution in [3.63, 3.8) is 0 Å². The Morgan fingerprint density at radius 2 is 1.80 bits per heavy atom. The first-order valence-corrected chi connectivity index (χ1v) is 19.2. The summed E-state index contributed by atoms with van der Waals surface area (Å²) in [5.74, 6) is -2.01. The molecule has 3 fully saturated rings. The molecule has 0 aromatic heterocycles. The van der Waals surface area contributed by atoms with E-state index in [1.165, 1.54) is 9.80 Å². The summed E-state index contributed by atoms with van der Waals surface area (Å²) in [6.45, 7) is 5.68. The molecule has 5 amide bonds. The van der Waals surface area contributed by atoms with Crippen LogP contribution in [0, 0.1) is 11.8 Å². The van der Waals surface area contributed by atoms with Gasteiger partial charge in [0.25, 0.3) is 0 Å². The molecule has 2 aliphatic carbocycles. The van der Waals surface area contributed by atoms with Crippen LogP contribution in [0.15, 0.2) is 30.4 Å². The smallest absolute Gasteiger partial charge is 0.410 e. The number of amides is 5. The number of rotatable bonds is 14. The van der Waals surface area contributed by atoms with Crippen molar-refractivity contribution in [1.82, 2.24) is 19.8 Å². The predicted molar refractivity (Wildman–Crippen MR) is 187 cm³/mol. The molecule has 16 heteroatoms. The highest BCUT2D eigenvalue weighted by atomic mass is 32.2. The average molecular weight is 731 g/mol. The minimum Gasteiger partial charge on any atom is -0.444 e. The van der Waals surface area contributed by atoms with Crippen LogP contribution in [0.3, 0.4) is 0 Å². The molecule has 0 radical (unpaired) electrons. The van der Waals surface area contributed by atoms with Gasteiger partial charge < -0.3 is 31.2 Å². The van der Waals surface area contributed by atoms with Crippen molar-refractivity contribution in [3.05, 3.63) is 41.5 Å². The van der Waals surface area contributed by atoms with E-state index in [1.807, 2.05) is 24.3 Å². The molecule has 0 bridgehead atoms. The summed E-state index contributed by atoms with van der Waals surface area (Å²) >= 11 is 0. The zero-order chi connectivity index (χ0) is 37.1. The van der Waals surface area contributed by atoms with Gasteiger partial charge in [-0.25, -0.2) is 18.0 Å². The standard InChI is InChI=1S/C35H50N6O9S/c1-35(2,3)50-33(45)38-28(13-8-6-4-5-7-10-21-16-25(21)31(43)39-51(47,48)24-14-15-24)32(44)41-19-23(17-29(41)30(37)42)49-34(46)40-18-22-11-9-12-27(36)26(22)20-40/h7,9-12,21,23-25,28-29H,4-6,8,13-20,36H2,1-3H3,(H2,37,42)(H,38,45)(H,39,43)/b10-7-/t21-,23-,25+,28+,29?/m1/s1. The van der Waals surface area contributed by atoms with Crippen molar-refractivity contribution in [3.8, 4) is 0 Å². The van der Waals surface area contributed by atoms with Crippen LogP contribution < -0.4 is 21.5 Å². The van der Waals surface area contributed by atoms with E-state index in [0.717, 1.165) is 30.4 Å². The molecule has 1 aromatic carbocycles. The third-order valence-electron chi connectivity index (χ3n) is 9.54. The molecule has 280 valence electrons. The molecule has 2 saturated carbocycles.